The predicted octanol–water partition coefficient (Wildman–Crippen LogP) is 4.97. The van der Waals surface area contributed by atoms with E-state index in [9.17, 15) is 17.6 Å². The number of aryl methyl sites for hydroxylation is 2. The molecular formula is C28H29FN4O4S. The lowest BCUT2D eigenvalue weighted by molar-refractivity contribution is 0.0980. The van der Waals surface area contributed by atoms with Crippen LogP contribution < -0.4 is 9.46 Å². The first kappa shape index (κ1) is 27.0. The zero-order valence-electron chi connectivity index (χ0n) is 21.6. The maximum Gasteiger partial charge on any atom is 0.281 e. The molecule has 0 saturated carbocycles. The zero-order valence-corrected chi connectivity index (χ0v) is 22.4. The summed E-state index contributed by atoms with van der Waals surface area (Å²) in [6.07, 6.45) is 1.55. The number of hydrogen-bond acceptors (Lipinski definition) is 6. The average Bonchev–Trinajstić information content (AvgIpc) is 3.41. The Morgan fingerprint density at radius 1 is 1.08 bits per heavy atom. The van der Waals surface area contributed by atoms with E-state index in [2.05, 4.69) is 14.9 Å². The fourth-order valence-electron chi connectivity index (χ4n) is 3.98. The first-order chi connectivity index (χ1) is 18.0. The van der Waals surface area contributed by atoms with Gasteiger partial charge in [0.15, 0.2) is 5.03 Å². The number of benzene rings is 2. The minimum Gasteiger partial charge on any atom is -0.493 e. The van der Waals surface area contributed by atoms with E-state index in [1.807, 2.05) is 45.9 Å². The molecule has 10 heteroatoms. The van der Waals surface area contributed by atoms with E-state index in [0.717, 1.165) is 16.7 Å². The molecule has 0 aliphatic rings. The number of pyridine rings is 1. The number of H-pyrrole nitrogens is 1. The van der Waals surface area contributed by atoms with Gasteiger partial charge in [0.25, 0.3) is 15.9 Å². The van der Waals surface area contributed by atoms with E-state index >= 15 is 0 Å². The average molecular weight is 537 g/mol. The molecule has 0 fully saturated rings. The molecule has 8 nitrogen and oxygen atoms in total. The second kappa shape index (κ2) is 11.1. The highest BCUT2D eigenvalue weighted by Crippen LogP contribution is 2.28. The third-order valence-electron chi connectivity index (χ3n) is 5.95. The quantitative estimate of drug-likeness (QED) is 0.312. The minimum atomic E-state index is -4.17. The number of sulfonamides is 1. The Bertz CT molecular complexity index is 1550. The molecule has 1 amide bonds. The third-order valence-corrected chi connectivity index (χ3v) is 7.21. The standard InChI is InChI=1S/C28H29FN4O4S/c1-17(2)16-37-22-13-20(12-21(29)14-22)25-9-8-23(28(34)33-38(35,36)27-10-11-30-32-27)26(31-25)15-24-18(3)6-5-7-19(24)4/h5-14,17H,15-16H2,1-4H3,(H,30,32)(H,33,34). The summed E-state index contributed by atoms with van der Waals surface area (Å²) in [6, 6.07) is 14.5. The number of aromatic amines is 1. The number of ether oxygens (including phenoxy) is 1. The summed E-state index contributed by atoms with van der Waals surface area (Å²) in [6.45, 7) is 8.34. The summed E-state index contributed by atoms with van der Waals surface area (Å²) >= 11 is 0. The molecule has 38 heavy (non-hydrogen) atoms. The summed E-state index contributed by atoms with van der Waals surface area (Å²) in [4.78, 5) is 17.9. The Morgan fingerprint density at radius 2 is 1.82 bits per heavy atom. The summed E-state index contributed by atoms with van der Waals surface area (Å²) in [5.74, 6) is -0.675. The number of carbonyl (C=O) groups is 1. The van der Waals surface area contributed by atoms with Crippen molar-refractivity contribution in [1.29, 1.82) is 0 Å². The van der Waals surface area contributed by atoms with Gasteiger partial charge in [0.1, 0.15) is 11.6 Å². The second-order valence-corrected chi connectivity index (χ2v) is 11.1. The molecule has 2 heterocycles. The highest BCUT2D eigenvalue weighted by molar-refractivity contribution is 7.90. The van der Waals surface area contributed by atoms with Gasteiger partial charge < -0.3 is 4.74 Å². The van der Waals surface area contributed by atoms with Crippen LogP contribution in [-0.4, -0.2) is 36.1 Å². The highest BCUT2D eigenvalue weighted by atomic mass is 32.2. The van der Waals surface area contributed by atoms with Crippen molar-refractivity contribution in [1.82, 2.24) is 19.9 Å². The monoisotopic (exact) mass is 536 g/mol. The molecule has 0 unspecified atom stereocenters. The van der Waals surface area contributed by atoms with Crippen molar-refractivity contribution in [2.45, 2.75) is 39.1 Å². The van der Waals surface area contributed by atoms with Gasteiger partial charge in [-0.2, -0.15) is 13.5 Å². The maximum absolute atomic E-state index is 14.5. The molecule has 4 aromatic rings. The number of nitrogens with one attached hydrogen (secondary N) is 2. The van der Waals surface area contributed by atoms with Crippen molar-refractivity contribution < 1.29 is 22.3 Å². The fraction of sp³-hybridized carbons (Fsp3) is 0.250. The molecule has 0 aliphatic heterocycles. The molecule has 4 rings (SSSR count). The smallest absolute Gasteiger partial charge is 0.281 e. The van der Waals surface area contributed by atoms with Crippen molar-refractivity contribution in [2.75, 3.05) is 6.61 Å². The third kappa shape index (κ3) is 6.25. The van der Waals surface area contributed by atoms with Crippen LogP contribution in [0.3, 0.4) is 0 Å². The predicted molar refractivity (Wildman–Crippen MR) is 142 cm³/mol. The largest absolute Gasteiger partial charge is 0.493 e. The number of rotatable bonds is 9. The topological polar surface area (TPSA) is 114 Å². The summed E-state index contributed by atoms with van der Waals surface area (Å²) in [7, 11) is -4.17. The van der Waals surface area contributed by atoms with Crippen LogP contribution in [0.2, 0.25) is 0 Å². The molecule has 0 bridgehead atoms. The maximum atomic E-state index is 14.5. The second-order valence-electron chi connectivity index (χ2n) is 9.47. The van der Waals surface area contributed by atoms with Crippen LogP contribution in [0.4, 0.5) is 4.39 Å². The summed E-state index contributed by atoms with van der Waals surface area (Å²) < 4.78 is 47.6. The lowest BCUT2D eigenvalue weighted by atomic mass is 9.96. The number of aromatic nitrogens is 3. The molecule has 0 spiro atoms. The van der Waals surface area contributed by atoms with Gasteiger partial charge in [-0.1, -0.05) is 32.0 Å². The van der Waals surface area contributed by atoms with Gasteiger partial charge in [-0.25, -0.2) is 9.11 Å². The van der Waals surface area contributed by atoms with Crippen LogP contribution in [0.15, 0.2) is 65.8 Å². The van der Waals surface area contributed by atoms with E-state index in [4.69, 9.17) is 9.72 Å². The van der Waals surface area contributed by atoms with E-state index in [-0.39, 0.29) is 22.9 Å². The number of amides is 1. The lowest BCUT2D eigenvalue weighted by Gasteiger charge is -2.15. The fourth-order valence-corrected chi connectivity index (χ4v) is 4.86. The molecule has 2 N–H and O–H groups in total. The highest BCUT2D eigenvalue weighted by Gasteiger charge is 2.23. The Hall–Kier alpha value is -4.05. The normalized spacial score (nSPS) is 11.5. The summed E-state index contributed by atoms with van der Waals surface area (Å²) in [5.41, 5.74) is 4.31. The molecule has 0 aliphatic carbocycles. The molecule has 2 aromatic carbocycles. The number of hydrogen-bond donors (Lipinski definition) is 2. The molecule has 0 radical (unpaired) electrons. The Kier molecular flexibility index (Phi) is 7.91. The minimum absolute atomic E-state index is 0.0900. The van der Waals surface area contributed by atoms with Gasteiger partial charge in [-0.05, 0) is 66.8 Å². The van der Waals surface area contributed by atoms with Gasteiger partial charge in [0.05, 0.1) is 29.8 Å². The van der Waals surface area contributed by atoms with Crippen LogP contribution in [0.5, 0.6) is 5.75 Å². The molecule has 0 atom stereocenters. The summed E-state index contributed by atoms with van der Waals surface area (Å²) in [5, 5.41) is 5.75. The van der Waals surface area contributed by atoms with Crippen LogP contribution in [0.25, 0.3) is 11.3 Å². The molecular weight excluding hydrogens is 507 g/mol. The number of halogens is 1. The Morgan fingerprint density at radius 3 is 2.47 bits per heavy atom. The van der Waals surface area contributed by atoms with E-state index in [0.29, 0.717) is 29.3 Å². The molecule has 0 saturated heterocycles. The number of carbonyl (C=O) groups excluding carboxylic acids is 1. The van der Waals surface area contributed by atoms with Gasteiger partial charge in [0.2, 0.25) is 0 Å². The van der Waals surface area contributed by atoms with Crippen LogP contribution in [0, 0.1) is 25.6 Å². The van der Waals surface area contributed by atoms with Gasteiger partial charge in [-0.15, -0.1) is 0 Å². The van der Waals surface area contributed by atoms with E-state index < -0.39 is 21.7 Å². The van der Waals surface area contributed by atoms with Crippen molar-refractivity contribution in [3.8, 4) is 17.0 Å². The first-order valence-electron chi connectivity index (χ1n) is 12.1. The molecule has 198 valence electrons. The Balaban J connectivity index is 1.76. The zero-order chi connectivity index (χ0) is 27.4. The SMILES string of the molecule is Cc1cccc(C)c1Cc1nc(-c2cc(F)cc(OCC(C)C)c2)ccc1C(=O)NS(=O)(=O)c1ccn[nH]1. The van der Waals surface area contributed by atoms with Crippen molar-refractivity contribution >= 4 is 15.9 Å². The van der Waals surface area contributed by atoms with E-state index in [1.54, 1.807) is 12.1 Å². The van der Waals surface area contributed by atoms with Gasteiger partial charge in [0, 0.05) is 18.1 Å². The van der Waals surface area contributed by atoms with E-state index in [1.165, 1.54) is 30.5 Å². The van der Waals surface area contributed by atoms with Crippen LogP contribution >= 0.6 is 0 Å². The van der Waals surface area contributed by atoms with Crippen molar-refractivity contribution in [3.63, 3.8) is 0 Å². The van der Waals surface area contributed by atoms with Gasteiger partial charge in [-0.3, -0.25) is 14.9 Å². The van der Waals surface area contributed by atoms with Crippen molar-refractivity contribution in [2.24, 2.45) is 5.92 Å². The Labute approximate surface area is 221 Å². The van der Waals surface area contributed by atoms with Crippen LogP contribution in [0.1, 0.15) is 46.6 Å². The van der Waals surface area contributed by atoms with Gasteiger partial charge >= 0.3 is 0 Å². The number of nitrogens with zero attached hydrogens (tertiary/aromatic N) is 2. The lowest BCUT2D eigenvalue weighted by Crippen LogP contribution is -2.32. The first-order valence-corrected chi connectivity index (χ1v) is 13.6. The van der Waals surface area contributed by atoms with Crippen molar-refractivity contribution in [3.05, 3.63) is 94.6 Å². The van der Waals surface area contributed by atoms with Crippen LogP contribution in [-0.2, 0) is 16.4 Å². The molecule has 2 aromatic heterocycles.